The van der Waals surface area contributed by atoms with E-state index in [0.717, 1.165) is 0 Å². The van der Waals surface area contributed by atoms with Crippen LogP contribution >= 0.6 is 0 Å². The lowest BCUT2D eigenvalue weighted by Gasteiger charge is -2.51. The summed E-state index contributed by atoms with van der Waals surface area (Å²) in [5.41, 5.74) is 1.17. The Bertz CT molecular complexity index is 444. The van der Waals surface area contributed by atoms with E-state index in [0.29, 0.717) is 17.7 Å². The highest BCUT2D eigenvalue weighted by Gasteiger charge is 2.61. The zero-order chi connectivity index (χ0) is 19.2. The third kappa shape index (κ3) is 3.68. The number of hydrogen-bond acceptors (Lipinski definition) is 5. The van der Waals surface area contributed by atoms with Crippen LogP contribution in [0.25, 0.3) is 0 Å². The van der Waals surface area contributed by atoms with Gasteiger partial charge in [-0.05, 0) is 22.2 Å². The summed E-state index contributed by atoms with van der Waals surface area (Å²) in [5, 5.41) is 10.6. The molecule has 1 N–H and O–H groups in total. The molecule has 0 aromatic heterocycles. The molecular weight excluding hydrogens is 351 g/mol. The third-order valence-corrected chi connectivity index (χ3v) is 16.2. The van der Waals surface area contributed by atoms with Crippen molar-refractivity contribution in [2.24, 2.45) is 0 Å². The average Bonchev–Trinajstić information content (AvgIpc) is 2.73. The zero-order valence-corrected chi connectivity index (χ0v) is 19.4. The van der Waals surface area contributed by atoms with Crippen molar-refractivity contribution in [2.75, 3.05) is 6.61 Å². The van der Waals surface area contributed by atoms with Crippen LogP contribution in [0.4, 0.5) is 0 Å². The van der Waals surface area contributed by atoms with E-state index in [4.69, 9.17) is 17.7 Å². The minimum Gasteiger partial charge on any atom is -0.414 e. The van der Waals surface area contributed by atoms with Crippen molar-refractivity contribution in [1.29, 1.82) is 0 Å². The van der Waals surface area contributed by atoms with Gasteiger partial charge in [-0.1, -0.05) is 55.4 Å². The molecule has 4 atom stereocenters. The first-order valence-corrected chi connectivity index (χ1v) is 13.8. The highest BCUT2D eigenvalue weighted by Crippen LogP contribution is 2.47. The molecule has 146 valence electrons. The first-order chi connectivity index (χ1) is 11.5. The van der Waals surface area contributed by atoms with Gasteiger partial charge in [0.1, 0.15) is 20.1 Å². The Balaban J connectivity index is 2.53. The van der Waals surface area contributed by atoms with Gasteiger partial charge >= 0.3 is 17.1 Å². The molecule has 0 bridgehead atoms. The fraction of sp³-hybridized carbons (Fsp3) is 1.00. The maximum atomic E-state index is 10.6. The summed E-state index contributed by atoms with van der Waals surface area (Å²) in [6.07, 6.45) is -1.21. The van der Waals surface area contributed by atoms with E-state index >= 15 is 0 Å². The number of aliphatic hydroxyl groups is 1. The lowest BCUT2D eigenvalue weighted by molar-refractivity contribution is -0.0318. The molecule has 2 heterocycles. The summed E-state index contributed by atoms with van der Waals surface area (Å²) in [6, 6.07) is -0.239. The van der Waals surface area contributed by atoms with Crippen LogP contribution < -0.4 is 0 Å². The Morgan fingerprint density at radius 1 is 0.880 bits per heavy atom. The molecule has 2 aliphatic heterocycles. The van der Waals surface area contributed by atoms with Crippen LogP contribution in [0.1, 0.15) is 55.4 Å². The summed E-state index contributed by atoms with van der Waals surface area (Å²) in [4.78, 5) is 0. The van der Waals surface area contributed by atoms with E-state index in [1.165, 1.54) is 0 Å². The highest BCUT2D eigenvalue weighted by molar-refractivity contribution is 6.83. The van der Waals surface area contributed by atoms with Crippen molar-refractivity contribution in [3.63, 3.8) is 0 Å². The minimum absolute atomic E-state index is 0.220. The van der Waals surface area contributed by atoms with Crippen LogP contribution in [0.2, 0.25) is 22.2 Å². The van der Waals surface area contributed by atoms with Crippen molar-refractivity contribution in [2.45, 2.75) is 102 Å². The Morgan fingerprint density at radius 3 is 1.80 bits per heavy atom. The third-order valence-electron chi connectivity index (χ3n) is 5.90. The van der Waals surface area contributed by atoms with Crippen LogP contribution in [-0.2, 0) is 17.7 Å². The van der Waals surface area contributed by atoms with Gasteiger partial charge in [0.2, 0.25) is 0 Å². The van der Waals surface area contributed by atoms with Gasteiger partial charge in [-0.3, -0.25) is 0 Å². The molecule has 0 saturated carbocycles. The Kier molecular flexibility index (Phi) is 6.68. The Labute approximate surface area is 156 Å². The Morgan fingerprint density at radius 2 is 1.36 bits per heavy atom. The van der Waals surface area contributed by atoms with Crippen molar-refractivity contribution >= 4 is 25.0 Å². The lowest BCUT2D eigenvalue weighted by atomic mass is 9.93. The van der Waals surface area contributed by atoms with Gasteiger partial charge in [0.05, 0.1) is 18.7 Å². The summed E-state index contributed by atoms with van der Waals surface area (Å²) in [7, 11) is -3.25. The molecule has 0 aromatic rings. The van der Waals surface area contributed by atoms with Crippen molar-refractivity contribution in [3.8, 4) is 0 Å². The Hall–Kier alpha value is 0.299. The second-order valence-electron chi connectivity index (χ2n) is 8.93. The largest absolute Gasteiger partial charge is 0.414 e. The number of ether oxygens (including phenoxy) is 1. The molecule has 0 radical (unpaired) electrons. The maximum absolute atomic E-state index is 10.6. The molecular formula is C17H37BO5Si2. The molecule has 2 rings (SSSR count). The molecule has 0 aliphatic carbocycles. The molecule has 0 aromatic carbocycles. The first-order valence-electron chi connectivity index (χ1n) is 9.83. The summed E-state index contributed by atoms with van der Waals surface area (Å²) < 4.78 is 26.4. The van der Waals surface area contributed by atoms with Gasteiger partial charge in [0, 0.05) is 0 Å². The first kappa shape index (κ1) is 21.6. The van der Waals surface area contributed by atoms with E-state index in [9.17, 15) is 5.11 Å². The van der Waals surface area contributed by atoms with Crippen molar-refractivity contribution in [1.82, 2.24) is 0 Å². The highest BCUT2D eigenvalue weighted by atomic mass is 28.5. The van der Waals surface area contributed by atoms with Crippen LogP contribution in [0.5, 0.6) is 0 Å². The smallest absolute Gasteiger partial charge is 0.335 e. The maximum Gasteiger partial charge on any atom is 0.335 e. The van der Waals surface area contributed by atoms with E-state index in [-0.39, 0.29) is 29.3 Å². The summed E-state index contributed by atoms with van der Waals surface area (Å²) in [6.45, 7) is 18.0. The summed E-state index contributed by atoms with van der Waals surface area (Å²) >= 11 is 0. The second-order valence-corrected chi connectivity index (χ2v) is 17.8. The number of hydrogen-bond donors (Lipinski definition) is 1. The van der Waals surface area contributed by atoms with Crippen LogP contribution in [-0.4, -0.2) is 61.0 Å². The average molecular weight is 388 g/mol. The number of fused-ring (bicyclic) bond motifs is 1. The molecule has 2 fully saturated rings. The fourth-order valence-electron chi connectivity index (χ4n) is 4.34. The van der Waals surface area contributed by atoms with Crippen molar-refractivity contribution < 1.29 is 22.8 Å². The van der Waals surface area contributed by atoms with Crippen LogP contribution in [0.3, 0.4) is 0 Å². The fourth-order valence-corrected chi connectivity index (χ4v) is 15.6. The molecule has 5 nitrogen and oxygen atoms in total. The minimum atomic E-state index is -2.64. The van der Waals surface area contributed by atoms with Crippen LogP contribution in [0, 0.1) is 0 Å². The van der Waals surface area contributed by atoms with Gasteiger partial charge < -0.3 is 22.8 Å². The molecule has 25 heavy (non-hydrogen) atoms. The molecule has 2 saturated heterocycles. The van der Waals surface area contributed by atoms with Gasteiger partial charge in [-0.2, -0.15) is 0 Å². The quantitative estimate of drug-likeness (QED) is 0.751. The molecule has 2 aliphatic rings. The standard InChI is InChI=1S/C17H37BO5Si2/c1-10(2)24(11(3)4)20-9-14-16(15(19)17(18)21-14)22-25(23-24,12(5)6)13(7)8/h10-17,19H,9,18H2,1-8H3/t14-,15-,16-,17-/m1/s1. The zero-order valence-electron chi connectivity index (χ0n) is 17.4. The predicted octanol–water partition coefficient (Wildman–Crippen LogP) is 2.66. The number of aliphatic hydroxyl groups excluding tert-OH is 1. The lowest BCUT2D eigenvalue weighted by Crippen LogP contribution is -2.65. The van der Waals surface area contributed by atoms with Crippen molar-refractivity contribution in [3.05, 3.63) is 0 Å². The van der Waals surface area contributed by atoms with E-state index in [1.807, 2.05) is 7.85 Å². The van der Waals surface area contributed by atoms with Crippen LogP contribution in [0.15, 0.2) is 0 Å². The van der Waals surface area contributed by atoms with Gasteiger partial charge in [-0.15, -0.1) is 0 Å². The second kappa shape index (κ2) is 7.73. The van der Waals surface area contributed by atoms with Gasteiger partial charge in [-0.25, -0.2) is 0 Å². The molecule has 0 unspecified atom stereocenters. The van der Waals surface area contributed by atoms with Gasteiger partial charge in [0.15, 0.2) is 0 Å². The van der Waals surface area contributed by atoms with Gasteiger partial charge in [0.25, 0.3) is 0 Å². The SMILES string of the molecule is B[C@@H]1O[C@@H]2CO[Si](C(C)C)(C(C)C)O[Si](C(C)C)(C(C)C)O[C@H]2[C@H]1O. The molecule has 0 spiro atoms. The van der Waals surface area contributed by atoms with E-state index in [2.05, 4.69) is 55.4 Å². The monoisotopic (exact) mass is 388 g/mol. The topological polar surface area (TPSA) is 57.2 Å². The predicted molar refractivity (Wildman–Crippen MR) is 107 cm³/mol. The van der Waals surface area contributed by atoms with E-state index < -0.39 is 23.2 Å². The number of rotatable bonds is 4. The molecule has 0 amide bonds. The molecule has 8 heteroatoms. The summed E-state index contributed by atoms with van der Waals surface area (Å²) in [5.74, 6) is 0. The normalized spacial score (nSPS) is 35.2. The van der Waals surface area contributed by atoms with E-state index in [1.54, 1.807) is 0 Å².